The molecule has 0 spiro atoms. The van der Waals surface area contributed by atoms with Crippen LogP contribution in [0.5, 0.6) is 23.0 Å². The second kappa shape index (κ2) is 12.0. The van der Waals surface area contributed by atoms with E-state index in [1.165, 1.54) is 25.1 Å². The van der Waals surface area contributed by atoms with Crippen molar-refractivity contribution >= 4 is 17.7 Å². The Morgan fingerprint density at radius 3 is 2.33 bits per heavy atom. The van der Waals surface area contributed by atoms with Gasteiger partial charge in [-0.2, -0.15) is 0 Å². The van der Waals surface area contributed by atoms with E-state index in [9.17, 15) is 4.79 Å². The first-order chi connectivity index (χ1) is 16.1. The monoisotopic (exact) mass is 469 g/mol. The molecule has 3 rings (SSSR count). The summed E-state index contributed by atoms with van der Waals surface area (Å²) in [5.74, 6) is 2.65. The van der Waals surface area contributed by atoms with E-state index in [1.807, 2.05) is 37.3 Å². The summed E-state index contributed by atoms with van der Waals surface area (Å²) in [5.41, 5.74) is 1.46. The summed E-state index contributed by atoms with van der Waals surface area (Å²) in [7, 11) is 4.62. The molecule has 2 aromatic carbocycles. The van der Waals surface area contributed by atoms with Gasteiger partial charge in [-0.1, -0.05) is 36.9 Å². The van der Waals surface area contributed by atoms with Crippen molar-refractivity contribution in [2.75, 3.05) is 40.2 Å². The van der Waals surface area contributed by atoms with Crippen molar-refractivity contribution in [2.24, 2.45) is 0 Å². The van der Waals surface area contributed by atoms with Crippen molar-refractivity contribution in [1.82, 2.24) is 15.3 Å². The maximum Gasteiger partial charge on any atom is 0.255 e. The van der Waals surface area contributed by atoms with Crippen LogP contribution in [-0.4, -0.2) is 56.1 Å². The average Bonchev–Trinajstić information content (AvgIpc) is 2.86. The summed E-state index contributed by atoms with van der Waals surface area (Å²) in [5, 5.41) is 3.45. The standard InChI is InChI=1S/C24H27N3O5S/c1-5-33-24-26-15-18(23(28)25-11-12-32-17-9-7-6-8-10-17)21(27-24)16-13-19(29-2)22(31-4)20(14-16)30-3/h6-10,13-15H,5,11-12H2,1-4H3,(H,25,28). The highest BCUT2D eigenvalue weighted by Gasteiger charge is 2.21. The van der Waals surface area contributed by atoms with Crippen molar-refractivity contribution in [1.29, 1.82) is 0 Å². The van der Waals surface area contributed by atoms with Crippen LogP contribution >= 0.6 is 11.8 Å². The molecule has 8 nitrogen and oxygen atoms in total. The molecule has 1 N–H and O–H groups in total. The number of aromatic nitrogens is 2. The first-order valence-electron chi connectivity index (χ1n) is 10.4. The maximum atomic E-state index is 13.0. The molecule has 0 atom stereocenters. The Kier molecular flexibility index (Phi) is 8.77. The Bertz CT molecular complexity index is 1050. The number of hydrogen-bond donors (Lipinski definition) is 1. The normalized spacial score (nSPS) is 10.4. The van der Waals surface area contributed by atoms with Gasteiger partial charge in [-0.05, 0) is 30.0 Å². The minimum Gasteiger partial charge on any atom is -0.493 e. The highest BCUT2D eigenvalue weighted by atomic mass is 32.2. The fourth-order valence-corrected chi connectivity index (χ4v) is 3.65. The summed E-state index contributed by atoms with van der Waals surface area (Å²) in [6.45, 7) is 2.67. The number of carbonyl (C=O) groups is 1. The van der Waals surface area contributed by atoms with E-state index < -0.39 is 0 Å². The Hall–Kier alpha value is -3.46. The molecule has 0 unspecified atom stereocenters. The zero-order valence-corrected chi connectivity index (χ0v) is 19.9. The number of rotatable bonds is 11. The number of benzene rings is 2. The van der Waals surface area contributed by atoms with E-state index in [1.54, 1.807) is 26.4 Å². The molecule has 0 aliphatic carbocycles. The van der Waals surface area contributed by atoms with Gasteiger partial charge in [0.05, 0.1) is 39.1 Å². The highest BCUT2D eigenvalue weighted by Crippen LogP contribution is 2.41. The van der Waals surface area contributed by atoms with Gasteiger partial charge in [0, 0.05) is 11.8 Å². The third-order valence-electron chi connectivity index (χ3n) is 4.62. The van der Waals surface area contributed by atoms with E-state index in [2.05, 4.69) is 15.3 Å². The third kappa shape index (κ3) is 6.07. The predicted molar refractivity (Wildman–Crippen MR) is 128 cm³/mol. The lowest BCUT2D eigenvalue weighted by Crippen LogP contribution is -2.29. The van der Waals surface area contributed by atoms with Gasteiger partial charge in [0.25, 0.3) is 5.91 Å². The van der Waals surface area contributed by atoms with Crippen LogP contribution < -0.4 is 24.3 Å². The molecule has 0 aliphatic heterocycles. The molecule has 9 heteroatoms. The van der Waals surface area contributed by atoms with Gasteiger partial charge < -0.3 is 24.3 Å². The van der Waals surface area contributed by atoms with Crippen molar-refractivity contribution in [3.63, 3.8) is 0 Å². The van der Waals surface area contributed by atoms with Gasteiger partial charge in [-0.15, -0.1) is 0 Å². The highest BCUT2D eigenvalue weighted by molar-refractivity contribution is 7.99. The SMILES string of the molecule is CCSc1ncc(C(=O)NCCOc2ccccc2)c(-c2cc(OC)c(OC)c(OC)c2)n1. The van der Waals surface area contributed by atoms with Gasteiger partial charge in [-0.25, -0.2) is 9.97 Å². The van der Waals surface area contributed by atoms with Crippen molar-refractivity contribution in [2.45, 2.75) is 12.1 Å². The zero-order chi connectivity index (χ0) is 23.6. The summed E-state index contributed by atoms with van der Waals surface area (Å²) >= 11 is 1.49. The number of carbonyl (C=O) groups excluding carboxylic acids is 1. The van der Waals surface area contributed by atoms with E-state index in [4.69, 9.17) is 18.9 Å². The maximum absolute atomic E-state index is 13.0. The number of nitrogens with one attached hydrogen (secondary N) is 1. The van der Waals surface area contributed by atoms with Gasteiger partial charge in [0.15, 0.2) is 16.7 Å². The van der Waals surface area contributed by atoms with Crippen LogP contribution in [0.15, 0.2) is 53.8 Å². The van der Waals surface area contributed by atoms with Crippen LogP contribution in [0.4, 0.5) is 0 Å². The molecule has 174 valence electrons. The molecule has 33 heavy (non-hydrogen) atoms. The largest absolute Gasteiger partial charge is 0.493 e. The molecule has 0 bridgehead atoms. The lowest BCUT2D eigenvalue weighted by Gasteiger charge is -2.16. The minimum atomic E-state index is -0.302. The first kappa shape index (κ1) is 24.2. The molecule has 3 aromatic rings. The van der Waals surface area contributed by atoms with Crippen LogP contribution in [0, 0.1) is 0 Å². The topological polar surface area (TPSA) is 91.8 Å². The van der Waals surface area contributed by atoms with E-state index in [0.29, 0.717) is 52.4 Å². The number of para-hydroxylation sites is 1. The van der Waals surface area contributed by atoms with E-state index in [0.717, 1.165) is 11.5 Å². The second-order valence-corrected chi connectivity index (χ2v) is 7.91. The third-order valence-corrected chi connectivity index (χ3v) is 5.37. The smallest absolute Gasteiger partial charge is 0.255 e. The Morgan fingerprint density at radius 1 is 1.03 bits per heavy atom. The average molecular weight is 470 g/mol. The van der Waals surface area contributed by atoms with Gasteiger partial charge in [0.2, 0.25) is 5.75 Å². The van der Waals surface area contributed by atoms with Crippen molar-refractivity contribution < 1.29 is 23.7 Å². The molecule has 0 saturated heterocycles. The van der Waals surface area contributed by atoms with Crippen LogP contribution in [0.25, 0.3) is 11.3 Å². The van der Waals surface area contributed by atoms with E-state index >= 15 is 0 Å². The molecule has 0 saturated carbocycles. The number of hydrogen-bond acceptors (Lipinski definition) is 8. The van der Waals surface area contributed by atoms with Crippen molar-refractivity contribution in [3.05, 3.63) is 54.2 Å². The lowest BCUT2D eigenvalue weighted by molar-refractivity contribution is 0.0946. The molecule has 1 aromatic heterocycles. The molecular weight excluding hydrogens is 442 g/mol. The quantitative estimate of drug-likeness (QED) is 0.255. The molecular formula is C24H27N3O5S. The predicted octanol–water partition coefficient (Wildman–Crippen LogP) is 4.09. The fourth-order valence-electron chi connectivity index (χ4n) is 3.11. The Balaban J connectivity index is 1.88. The second-order valence-electron chi connectivity index (χ2n) is 6.68. The summed E-state index contributed by atoms with van der Waals surface area (Å²) in [4.78, 5) is 22.0. The van der Waals surface area contributed by atoms with Gasteiger partial charge in [-0.3, -0.25) is 4.79 Å². The number of thioether (sulfide) groups is 1. The number of methoxy groups -OCH3 is 3. The number of ether oxygens (including phenoxy) is 4. The van der Waals surface area contributed by atoms with Crippen LogP contribution in [-0.2, 0) is 0 Å². The van der Waals surface area contributed by atoms with Crippen LogP contribution in [0.3, 0.4) is 0 Å². The zero-order valence-electron chi connectivity index (χ0n) is 19.1. The summed E-state index contributed by atoms with van der Waals surface area (Å²) in [6, 6.07) is 13.0. The fraction of sp³-hybridized carbons (Fsp3) is 0.292. The van der Waals surface area contributed by atoms with Gasteiger partial charge in [0.1, 0.15) is 12.4 Å². The van der Waals surface area contributed by atoms with Gasteiger partial charge >= 0.3 is 0 Å². The van der Waals surface area contributed by atoms with E-state index in [-0.39, 0.29) is 5.91 Å². The number of nitrogens with zero attached hydrogens (tertiary/aromatic N) is 2. The Morgan fingerprint density at radius 2 is 1.73 bits per heavy atom. The van der Waals surface area contributed by atoms with Crippen molar-refractivity contribution in [3.8, 4) is 34.3 Å². The first-order valence-corrected chi connectivity index (χ1v) is 11.4. The van der Waals surface area contributed by atoms with Crippen LogP contribution in [0.1, 0.15) is 17.3 Å². The molecule has 1 heterocycles. The lowest BCUT2D eigenvalue weighted by atomic mass is 10.1. The minimum absolute atomic E-state index is 0.302. The summed E-state index contributed by atoms with van der Waals surface area (Å²) < 4.78 is 22.0. The summed E-state index contributed by atoms with van der Waals surface area (Å²) in [6.07, 6.45) is 1.54. The molecule has 0 aliphatic rings. The number of amides is 1. The molecule has 0 fully saturated rings. The Labute approximate surface area is 197 Å². The molecule has 1 amide bonds. The molecule has 0 radical (unpaired) electrons. The van der Waals surface area contributed by atoms with Crippen LogP contribution in [0.2, 0.25) is 0 Å².